The number of nitrogens with one attached hydrogen (secondary N) is 2. The summed E-state index contributed by atoms with van der Waals surface area (Å²) >= 11 is 0. The maximum Gasteiger partial charge on any atom is 0.326 e. The van der Waals surface area contributed by atoms with Gasteiger partial charge < -0.3 is 20.3 Å². The van der Waals surface area contributed by atoms with Gasteiger partial charge >= 0.3 is 5.97 Å². The Morgan fingerprint density at radius 1 is 1.15 bits per heavy atom. The smallest absolute Gasteiger partial charge is 0.326 e. The number of carboxylic acid groups (broad SMARTS) is 1. The molecule has 0 aliphatic carbocycles. The average molecular weight is 355 g/mol. The van der Waals surface area contributed by atoms with E-state index >= 15 is 0 Å². The van der Waals surface area contributed by atoms with Gasteiger partial charge in [-0.2, -0.15) is 0 Å². The molecule has 2 amide bonds. The number of benzene rings is 1. The van der Waals surface area contributed by atoms with Gasteiger partial charge in [-0.05, 0) is 24.5 Å². The van der Waals surface area contributed by atoms with Crippen LogP contribution in [0.15, 0.2) is 42.6 Å². The number of carboxylic acids is 1. The molecule has 1 aliphatic heterocycles. The summed E-state index contributed by atoms with van der Waals surface area (Å²) in [6.07, 6.45) is 3.59. The molecule has 3 rings (SSSR count). The molecule has 0 bridgehead atoms. The zero-order valence-electron chi connectivity index (χ0n) is 14.3. The van der Waals surface area contributed by atoms with Gasteiger partial charge in [0.1, 0.15) is 11.7 Å². The Morgan fingerprint density at radius 2 is 1.85 bits per heavy atom. The third-order valence-corrected chi connectivity index (χ3v) is 4.45. The molecule has 2 aromatic rings. The second-order valence-corrected chi connectivity index (χ2v) is 6.36. The molecule has 1 aromatic heterocycles. The number of likely N-dealkylation sites (tertiary alicyclic amines) is 1. The van der Waals surface area contributed by atoms with Crippen molar-refractivity contribution in [1.29, 1.82) is 0 Å². The van der Waals surface area contributed by atoms with E-state index in [1.165, 1.54) is 12.3 Å². The van der Waals surface area contributed by atoms with E-state index in [2.05, 4.69) is 10.3 Å². The lowest BCUT2D eigenvalue weighted by Crippen LogP contribution is -2.42. The highest BCUT2D eigenvalue weighted by Gasteiger charge is 2.24. The highest BCUT2D eigenvalue weighted by molar-refractivity contribution is 6.00. The van der Waals surface area contributed by atoms with Crippen molar-refractivity contribution in [1.82, 2.24) is 15.2 Å². The van der Waals surface area contributed by atoms with Gasteiger partial charge in [-0.25, -0.2) is 4.79 Å². The highest BCUT2D eigenvalue weighted by Crippen LogP contribution is 2.13. The Hall–Kier alpha value is -3.09. The zero-order chi connectivity index (χ0) is 18.5. The molecule has 1 atom stereocenters. The minimum atomic E-state index is -1.11. The summed E-state index contributed by atoms with van der Waals surface area (Å²) in [7, 11) is 0. The number of nitrogens with zero attached hydrogens (tertiary/aromatic N) is 1. The van der Waals surface area contributed by atoms with E-state index < -0.39 is 17.9 Å². The van der Waals surface area contributed by atoms with Crippen LogP contribution in [0.5, 0.6) is 0 Å². The maximum atomic E-state index is 12.4. The number of aromatic amines is 1. The van der Waals surface area contributed by atoms with Crippen LogP contribution >= 0.6 is 0 Å². The van der Waals surface area contributed by atoms with Gasteiger partial charge in [0.2, 0.25) is 0 Å². The summed E-state index contributed by atoms with van der Waals surface area (Å²) in [5.74, 6) is -1.77. The predicted molar refractivity (Wildman–Crippen MR) is 95.0 cm³/mol. The van der Waals surface area contributed by atoms with Crippen LogP contribution in [0.3, 0.4) is 0 Å². The van der Waals surface area contributed by atoms with E-state index in [-0.39, 0.29) is 17.9 Å². The van der Waals surface area contributed by atoms with Crippen molar-refractivity contribution in [3.8, 4) is 0 Å². The van der Waals surface area contributed by atoms with E-state index in [9.17, 15) is 19.5 Å². The van der Waals surface area contributed by atoms with E-state index in [1.54, 1.807) is 4.90 Å². The Balaban J connectivity index is 1.66. The number of amides is 2. The Bertz CT molecular complexity index is 794. The lowest BCUT2D eigenvalue weighted by atomic mass is 10.1. The Labute approximate surface area is 151 Å². The molecule has 1 aliphatic rings. The molecule has 26 heavy (non-hydrogen) atoms. The lowest BCUT2D eigenvalue weighted by molar-refractivity contribution is -0.139. The van der Waals surface area contributed by atoms with Crippen LogP contribution in [0.4, 0.5) is 0 Å². The number of carbonyl (C=O) groups excluding carboxylic acids is 2. The summed E-state index contributed by atoms with van der Waals surface area (Å²) in [6.45, 7) is 1.44. The van der Waals surface area contributed by atoms with Gasteiger partial charge in [0, 0.05) is 25.7 Å². The number of aliphatic carboxylic acids is 1. The fraction of sp³-hybridized carbons (Fsp3) is 0.316. The molecule has 0 saturated carbocycles. The quantitative estimate of drug-likeness (QED) is 0.733. The summed E-state index contributed by atoms with van der Waals surface area (Å²) in [5.41, 5.74) is 1.40. The minimum absolute atomic E-state index is 0.138. The van der Waals surface area contributed by atoms with Gasteiger partial charge in [0.05, 0.1) is 5.56 Å². The number of hydrogen-bond acceptors (Lipinski definition) is 3. The molecule has 0 radical (unpaired) electrons. The van der Waals surface area contributed by atoms with Crippen molar-refractivity contribution in [3.05, 3.63) is 59.4 Å². The topological polar surface area (TPSA) is 102 Å². The second-order valence-electron chi connectivity index (χ2n) is 6.36. The first kappa shape index (κ1) is 17.7. The fourth-order valence-corrected chi connectivity index (χ4v) is 3.03. The maximum absolute atomic E-state index is 12.4. The molecular weight excluding hydrogens is 334 g/mol. The van der Waals surface area contributed by atoms with Gasteiger partial charge in [0.25, 0.3) is 11.8 Å². The molecule has 3 N–H and O–H groups in total. The molecule has 0 spiro atoms. The number of carbonyl (C=O) groups is 3. The number of hydrogen-bond donors (Lipinski definition) is 3. The molecular formula is C19H21N3O4. The van der Waals surface area contributed by atoms with Crippen molar-refractivity contribution in [2.45, 2.75) is 25.3 Å². The molecule has 1 aromatic carbocycles. The van der Waals surface area contributed by atoms with Crippen molar-refractivity contribution >= 4 is 17.8 Å². The number of aromatic nitrogens is 1. The van der Waals surface area contributed by atoms with Crippen LogP contribution in [0.1, 0.15) is 39.3 Å². The second kappa shape index (κ2) is 7.86. The van der Waals surface area contributed by atoms with E-state index in [4.69, 9.17) is 0 Å². The first-order chi connectivity index (χ1) is 12.5. The number of rotatable bonds is 6. The molecule has 7 nitrogen and oxygen atoms in total. The molecule has 1 saturated heterocycles. The van der Waals surface area contributed by atoms with E-state index in [0.29, 0.717) is 5.69 Å². The minimum Gasteiger partial charge on any atom is -0.480 e. The molecule has 1 fully saturated rings. The van der Waals surface area contributed by atoms with Crippen LogP contribution < -0.4 is 5.32 Å². The first-order valence-corrected chi connectivity index (χ1v) is 8.60. The summed E-state index contributed by atoms with van der Waals surface area (Å²) in [4.78, 5) is 40.7. The fourth-order valence-electron chi connectivity index (χ4n) is 3.03. The summed E-state index contributed by atoms with van der Waals surface area (Å²) in [5, 5.41) is 11.9. The molecule has 2 heterocycles. The lowest BCUT2D eigenvalue weighted by Gasteiger charge is -2.14. The third-order valence-electron chi connectivity index (χ3n) is 4.45. The van der Waals surface area contributed by atoms with Crippen molar-refractivity contribution in [2.24, 2.45) is 0 Å². The van der Waals surface area contributed by atoms with Crippen LogP contribution in [0, 0.1) is 0 Å². The van der Waals surface area contributed by atoms with Crippen molar-refractivity contribution in [3.63, 3.8) is 0 Å². The normalized spacial score (nSPS) is 14.8. The third kappa shape index (κ3) is 4.11. The van der Waals surface area contributed by atoms with Crippen LogP contribution in [-0.4, -0.2) is 51.9 Å². The van der Waals surface area contributed by atoms with Gasteiger partial charge in [-0.3, -0.25) is 9.59 Å². The van der Waals surface area contributed by atoms with Crippen molar-refractivity contribution in [2.75, 3.05) is 13.1 Å². The van der Waals surface area contributed by atoms with E-state index in [0.717, 1.165) is 31.5 Å². The standard InChI is InChI=1S/C19H21N3O4/c23-17(21-16(19(25)26)10-13-6-2-1-3-7-13)14-11-15(20-12-14)18(24)22-8-4-5-9-22/h1-3,6-7,11-12,16,20H,4-5,8-10H2,(H,21,23)(H,25,26)/t16-/m0/s1. The first-order valence-electron chi connectivity index (χ1n) is 8.60. The van der Waals surface area contributed by atoms with E-state index in [1.807, 2.05) is 30.3 Å². The predicted octanol–water partition coefficient (Wildman–Crippen LogP) is 1.68. The van der Waals surface area contributed by atoms with Gasteiger partial charge in [0.15, 0.2) is 0 Å². The average Bonchev–Trinajstić information content (AvgIpc) is 3.33. The molecule has 0 unspecified atom stereocenters. The van der Waals surface area contributed by atoms with Crippen LogP contribution in [-0.2, 0) is 11.2 Å². The zero-order valence-corrected chi connectivity index (χ0v) is 14.3. The molecule has 7 heteroatoms. The summed E-state index contributed by atoms with van der Waals surface area (Å²) < 4.78 is 0. The SMILES string of the molecule is O=C(N[C@@H](Cc1ccccc1)C(=O)O)c1c[nH]c(C(=O)N2CCCC2)c1. The Kier molecular flexibility index (Phi) is 5.36. The van der Waals surface area contributed by atoms with Crippen LogP contribution in [0.25, 0.3) is 0 Å². The number of H-pyrrole nitrogens is 1. The van der Waals surface area contributed by atoms with Crippen LogP contribution in [0.2, 0.25) is 0 Å². The van der Waals surface area contributed by atoms with Gasteiger partial charge in [-0.15, -0.1) is 0 Å². The van der Waals surface area contributed by atoms with Gasteiger partial charge in [-0.1, -0.05) is 30.3 Å². The highest BCUT2D eigenvalue weighted by atomic mass is 16.4. The monoisotopic (exact) mass is 355 g/mol. The molecule has 136 valence electrons. The van der Waals surface area contributed by atoms with Crippen molar-refractivity contribution < 1.29 is 19.5 Å². The Morgan fingerprint density at radius 3 is 2.50 bits per heavy atom. The summed E-state index contributed by atoms with van der Waals surface area (Å²) in [6, 6.07) is 9.53. The largest absolute Gasteiger partial charge is 0.480 e.